The summed E-state index contributed by atoms with van der Waals surface area (Å²) in [5.41, 5.74) is 2.32. The first-order valence-corrected chi connectivity index (χ1v) is 10.8. The first kappa shape index (κ1) is 20.5. The van der Waals surface area contributed by atoms with Crippen LogP contribution in [0.4, 0.5) is 0 Å². The molecule has 4 rings (SSSR count). The van der Waals surface area contributed by atoms with Crippen molar-refractivity contribution >= 4 is 17.2 Å². The lowest BCUT2D eigenvalue weighted by molar-refractivity contribution is -0.133. The number of carbonyl (C=O) groups excluding carboxylic acids is 1. The number of methoxy groups -OCH3 is 2. The van der Waals surface area contributed by atoms with Gasteiger partial charge in [-0.1, -0.05) is 6.07 Å². The summed E-state index contributed by atoms with van der Waals surface area (Å²) in [6.45, 7) is 2.96. The van der Waals surface area contributed by atoms with Gasteiger partial charge < -0.3 is 18.8 Å². The molecule has 0 saturated carbocycles. The summed E-state index contributed by atoms with van der Waals surface area (Å²) in [7, 11) is 3.27. The second-order valence-corrected chi connectivity index (χ2v) is 8.38. The summed E-state index contributed by atoms with van der Waals surface area (Å²) >= 11 is 1.70. The standard InChI is InChI=1S/C23H26N2O4S/c1-27-21-11-17-7-8-25(13-18(17)12-22(21)28-2)23(26)16-24(14-19-5-3-9-29-19)15-20-6-4-10-30-20/h3-6,9-12H,7-8,13-16H2,1-2H3. The van der Waals surface area contributed by atoms with Crippen LogP contribution in [-0.4, -0.2) is 43.0 Å². The van der Waals surface area contributed by atoms with Crippen molar-refractivity contribution in [3.05, 3.63) is 69.8 Å². The predicted octanol–water partition coefficient (Wildman–Crippen LogP) is 3.95. The second-order valence-electron chi connectivity index (χ2n) is 7.35. The zero-order valence-electron chi connectivity index (χ0n) is 17.3. The number of amides is 1. The Labute approximate surface area is 180 Å². The summed E-state index contributed by atoms with van der Waals surface area (Å²) in [5.74, 6) is 2.41. The van der Waals surface area contributed by atoms with Crippen molar-refractivity contribution in [1.29, 1.82) is 0 Å². The monoisotopic (exact) mass is 426 g/mol. The van der Waals surface area contributed by atoms with Crippen LogP contribution in [0.5, 0.6) is 11.5 Å². The molecule has 0 aliphatic carbocycles. The van der Waals surface area contributed by atoms with Crippen LogP contribution in [0.15, 0.2) is 52.5 Å². The molecule has 1 aromatic carbocycles. The number of hydrogen-bond donors (Lipinski definition) is 0. The molecule has 0 bridgehead atoms. The van der Waals surface area contributed by atoms with E-state index in [1.165, 1.54) is 10.4 Å². The Kier molecular flexibility index (Phi) is 6.40. The number of carbonyl (C=O) groups is 1. The summed E-state index contributed by atoms with van der Waals surface area (Å²) in [6.07, 6.45) is 2.48. The molecule has 0 N–H and O–H groups in total. The number of benzene rings is 1. The third-order valence-electron chi connectivity index (χ3n) is 5.35. The van der Waals surface area contributed by atoms with Crippen molar-refractivity contribution in [3.8, 4) is 11.5 Å². The number of thiophene rings is 1. The Balaban J connectivity index is 1.46. The fourth-order valence-electron chi connectivity index (χ4n) is 3.80. The minimum Gasteiger partial charge on any atom is -0.493 e. The fraction of sp³-hybridized carbons (Fsp3) is 0.348. The second kappa shape index (κ2) is 9.36. The lowest BCUT2D eigenvalue weighted by Crippen LogP contribution is -2.42. The molecular weight excluding hydrogens is 400 g/mol. The van der Waals surface area contributed by atoms with Crippen molar-refractivity contribution in [3.63, 3.8) is 0 Å². The minimum atomic E-state index is 0.124. The number of hydrogen-bond acceptors (Lipinski definition) is 6. The molecule has 7 heteroatoms. The molecule has 1 aliphatic rings. The average Bonchev–Trinajstić information content (AvgIpc) is 3.46. The third kappa shape index (κ3) is 4.68. The zero-order chi connectivity index (χ0) is 20.9. The number of furan rings is 1. The summed E-state index contributed by atoms with van der Waals surface area (Å²) in [4.78, 5) is 18.5. The van der Waals surface area contributed by atoms with Gasteiger partial charge in [0.2, 0.25) is 5.91 Å². The van der Waals surface area contributed by atoms with E-state index < -0.39 is 0 Å². The van der Waals surface area contributed by atoms with E-state index in [9.17, 15) is 4.79 Å². The van der Waals surface area contributed by atoms with Gasteiger partial charge in [0.25, 0.3) is 0 Å². The number of fused-ring (bicyclic) bond motifs is 1. The quantitative estimate of drug-likeness (QED) is 0.546. The highest BCUT2D eigenvalue weighted by atomic mass is 32.1. The van der Waals surface area contributed by atoms with Gasteiger partial charge in [-0.3, -0.25) is 9.69 Å². The largest absolute Gasteiger partial charge is 0.493 e. The summed E-state index contributed by atoms with van der Waals surface area (Å²) in [6, 6.07) is 12.0. The average molecular weight is 427 g/mol. The van der Waals surface area contributed by atoms with Crippen LogP contribution >= 0.6 is 11.3 Å². The van der Waals surface area contributed by atoms with E-state index in [-0.39, 0.29) is 5.91 Å². The van der Waals surface area contributed by atoms with Gasteiger partial charge in [-0.2, -0.15) is 0 Å². The van der Waals surface area contributed by atoms with Crippen molar-refractivity contribution in [2.45, 2.75) is 26.1 Å². The molecule has 0 fully saturated rings. The van der Waals surface area contributed by atoms with Crippen LogP contribution in [0.1, 0.15) is 21.8 Å². The van der Waals surface area contributed by atoms with Gasteiger partial charge in [-0.25, -0.2) is 0 Å². The van der Waals surface area contributed by atoms with Crippen LogP contribution in [0, 0.1) is 0 Å². The molecular formula is C23H26N2O4S. The molecule has 3 aromatic rings. The van der Waals surface area contributed by atoms with Gasteiger partial charge in [-0.15, -0.1) is 11.3 Å². The molecule has 0 spiro atoms. The first-order valence-electron chi connectivity index (χ1n) is 9.95. The lowest BCUT2D eigenvalue weighted by atomic mass is 9.98. The Hall–Kier alpha value is -2.77. The topological polar surface area (TPSA) is 55.2 Å². The van der Waals surface area contributed by atoms with Crippen LogP contribution in [0.3, 0.4) is 0 Å². The lowest BCUT2D eigenvalue weighted by Gasteiger charge is -2.31. The normalized spacial score (nSPS) is 13.4. The maximum atomic E-state index is 13.2. The van der Waals surface area contributed by atoms with Crippen LogP contribution in [0.25, 0.3) is 0 Å². The highest BCUT2D eigenvalue weighted by Gasteiger charge is 2.24. The Bertz CT molecular complexity index is 933. The minimum absolute atomic E-state index is 0.124. The molecule has 0 radical (unpaired) electrons. The summed E-state index contributed by atoms with van der Waals surface area (Å²) in [5, 5.41) is 2.06. The van der Waals surface area contributed by atoms with E-state index in [1.807, 2.05) is 35.2 Å². The highest BCUT2D eigenvalue weighted by Crippen LogP contribution is 2.33. The van der Waals surface area contributed by atoms with Gasteiger partial charge in [0.1, 0.15) is 5.76 Å². The van der Waals surface area contributed by atoms with E-state index in [0.717, 1.165) is 30.0 Å². The van der Waals surface area contributed by atoms with Gasteiger partial charge >= 0.3 is 0 Å². The third-order valence-corrected chi connectivity index (χ3v) is 6.21. The van der Waals surface area contributed by atoms with Crippen molar-refractivity contribution in [2.24, 2.45) is 0 Å². The zero-order valence-corrected chi connectivity index (χ0v) is 18.1. The van der Waals surface area contributed by atoms with Gasteiger partial charge in [-0.05, 0) is 53.3 Å². The van der Waals surface area contributed by atoms with E-state index >= 15 is 0 Å². The molecule has 0 unspecified atom stereocenters. The van der Waals surface area contributed by atoms with E-state index in [0.29, 0.717) is 31.9 Å². The first-order chi connectivity index (χ1) is 14.7. The number of rotatable bonds is 8. The molecule has 0 saturated heterocycles. The smallest absolute Gasteiger partial charge is 0.237 e. The Morgan fingerprint density at radius 2 is 1.93 bits per heavy atom. The van der Waals surface area contributed by atoms with Crippen molar-refractivity contribution < 1.29 is 18.7 Å². The number of nitrogens with zero attached hydrogens (tertiary/aromatic N) is 2. The molecule has 3 heterocycles. The van der Waals surface area contributed by atoms with Crippen molar-refractivity contribution in [1.82, 2.24) is 9.80 Å². The molecule has 30 heavy (non-hydrogen) atoms. The molecule has 1 amide bonds. The SMILES string of the molecule is COc1cc2c(cc1OC)CN(C(=O)CN(Cc1ccco1)Cc1cccs1)CC2. The Morgan fingerprint density at radius 3 is 2.60 bits per heavy atom. The highest BCUT2D eigenvalue weighted by molar-refractivity contribution is 7.09. The van der Waals surface area contributed by atoms with Crippen molar-refractivity contribution in [2.75, 3.05) is 27.3 Å². The van der Waals surface area contributed by atoms with Crippen LogP contribution < -0.4 is 9.47 Å². The fourth-order valence-corrected chi connectivity index (χ4v) is 4.55. The summed E-state index contributed by atoms with van der Waals surface area (Å²) < 4.78 is 16.4. The van der Waals surface area contributed by atoms with Crippen LogP contribution in [-0.2, 0) is 30.8 Å². The van der Waals surface area contributed by atoms with E-state index in [4.69, 9.17) is 13.9 Å². The number of ether oxygens (including phenoxy) is 2. The van der Waals surface area contributed by atoms with Gasteiger partial charge in [0, 0.05) is 24.5 Å². The van der Waals surface area contributed by atoms with Crippen LogP contribution in [0.2, 0.25) is 0 Å². The molecule has 6 nitrogen and oxygen atoms in total. The molecule has 1 aliphatic heterocycles. The predicted molar refractivity (Wildman–Crippen MR) is 116 cm³/mol. The molecule has 2 aromatic heterocycles. The van der Waals surface area contributed by atoms with E-state index in [1.54, 1.807) is 31.8 Å². The van der Waals surface area contributed by atoms with Gasteiger partial charge in [0.15, 0.2) is 11.5 Å². The van der Waals surface area contributed by atoms with Gasteiger partial charge in [0.05, 0.1) is 33.6 Å². The maximum Gasteiger partial charge on any atom is 0.237 e. The molecule has 0 atom stereocenters. The maximum absolute atomic E-state index is 13.2. The Morgan fingerprint density at radius 1 is 1.13 bits per heavy atom. The molecule has 158 valence electrons. The van der Waals surface area contributed by atoms with E-state index in [2.05, 4.69) is 16.3 Å².